The van der Waals surface area contributed by atoms with Crippen LogP contribution in [-0.4, -0.2) is 66.9 Å². The van der Waals surface area contributed by atoms with Gasteiger partial charge in [0.1, 0.15) is 0 Å². The third kappa shape index (κ3) is 3.82. The molecule has 160 valence electrons. The predicted octanol–water partition coefficient (Wildman–Crippen LogP) is -1.03. The minimum absolute atomic E-state index is 0.0414. The molecule has 0 saturated carbocycles. The quantitative estimate of drug-likeness (QED) is 0.584. The number of hydrogen-bond acceptors (Lipinski definition) is 8. The fraction of sp³-hybridized carbons (Fsp3) is 0.500. The highest BCUT2D eigenvalue weighted by molar-refractivity contribution is 7.92. The molecule has 1 aromatic carbocycles. The van der Waals surface area contributed by atoms with Gasteiger partial charge in [0, 0.05) is 45.1 Å². The zero-order chi connectivity index (χ0) is 21.7. The van der Waals surface area contributed by atoms with Crippen molar-refractivity contribution in [3.8, 4) is 0 Å². The fourth-order valence-electron chi connectivity index (χ4n) is 3.69. The van der Waals surface area contributed by atoms with Crippen LogP contribution in [0.4, 0.5) is 0 Å². The molecule has 3 atom stereocenters. The van der Waals surface area contributed by atoms with Crippen LogP contribution in [0, 0.1) is 5.92 Å². The Morgan fingerprint density at radius 3 is 2.52 bits per heavy atom. The second kappa shape index (κ2) is 7.23. The SMILES string of the molecule is CC(=O)O.Cn1c(=O)oc2cc(S(=O)(=O)N3C[C@H]4[C@H](N)CS(=O)(=O)[C@H]4C3)ccc21. The molecule has 3 heterocycles. The van der Waals surface area contributed by atoms with E-state index in [0.29, 0.717) is 5.52 Å². The van der Waals surface area contributed by atoms with Crippen molar-refractivity contribution in [2.45, 2.75) is 23.1 Å². The molecular formula is C16H21N3O8S2. The highest BCUT2D eigenvalue weighted by Gasteiger charge is 2.53. The first-order valence-corrected chi connectivity index (χ1v) is 11.8. The highest BCUT2D eigenvalue weighted by Crippen LogP contribution is 2.36. The molecule has 0 unspecified atom stereocenters. The largest absolute Gasteiger partial charge is 0.481 e. The molecule has 0 spiro atoms. The number of fused-ring (bicyclic) bond motifs is 2. The van der Waals surface area contributed by atoms with E-state index in [1.807, 2.05) is 0 Å². The van der Waals surface area contributed by atoms with Crippen LogP contribution in [0.15, 0.2) is 32.3 Å². The number of aromatic nitrogens is 1. The number of sulfonamides is 1. The summed E-state index contributed by atoms with van der Waals surface area (Å²) in [4.78, 5) is 20.5. The van der Waals surface area contributed by atoms with Crippen molar-refractivity contribution in [1.82, 2.24) is 8.87 Å². The van der Waals surface area contributed by atoms with Crippen molar-refractivity contribution in [2.75, 3.05) is 18.8 Å². The molecule has 13 heteroatoms. The van der Waals surface area contributed by atoms with Crippen LogP contribution in [0.1, 0.15) is 6.92 Å². The van der Waals surface area contributed by atoms with Crippen LogP contribution >= 0.6 is 0 Å². The summed E-state index contributed by atoms with van der Waals surface area (Å²) in [6.07, 6.45) is 0. The average molecular weight is 447 g/mol. The number of nitrogens with zero attached hydrogens (tertiary/aromatic N) is 2. The lowest BCUT2D eigenvalue weighted by atomic mass is 10.0. The zero-order valence-corrected chi connectivity index (χ0v) is 17.3. The van der Waals surface area contributed by atoms with Gasteiger partial charge in [0.15, 0.2) is 15.4 Å². The van der Waals surface area contributed by atoms with Crippen molar-refractivity contribution in [2.24, 2.45) is 18.7 Å². The second-order valence-corrected chi connectivity index (χ2v) is 11.3. The van der Waals surface area contributed by atoms with Crippen LogP contribution in [0.2, 0.25) is 0 Å². The van der Waals surface area contributed by atoms with Crippen LogP contribution in [0.25, 0.3) is 11.1 Å². The van der Waals surface area contributed by atoms with E-state index in [0.717, 1.165) is 11.2 Å². The summed E-state index contributed by atoms with van der Waals surface area (Å²) in [7, 11) is -5.76. The van der Waals surface area contributed by atoms with Crippen LogP contribution in [0.3, 0.4) is 0 Å². The van der Waals surface area contributed by atoms with Gasteiger partial charge in [-0.15, -0.1) is 0 Å². The minimum atomic E-state index is -3.91. The van der Waals surface area contributed by atoms with Crippen molar-refractivity contribution < 1.29 is 31.2 Å². The summed E-state index contributed by atoms with van der Waals surface area (Å²) in [5.41, 5.74) is 6.52. The number of rotatable bonds is 2. The van der Waals surface area contributed by atoms with Gasteiger partial charge in [-0.2, -0.15) is 4.31 Å². The smallest absolute Gasteiger partial charge is 0.419 e. The molecule has 2 aromatic rings. The summed E-state index contributed by atoms with van der Waals surface area (Å²) in [5.74, 6) is -1.91. The number of hydrogen-bond donors (Lipinski definition) is 2. The third-order valence-corrected chi connectivity index (χ3v) is 9.21. The van der Waals surface area contributed by atoms with Crippen molar-refractivity contribution in [1.29, 1.82) is 0 Å². The van der Waals surface area contributed by atoms with Crippen LogP contribution in [-0.2, 0) is 31.7 Å². The molecule has 0 amide bonds. The van der Waals surface area contributed by atoms with Gasteiger partial charge in [0.2, 0.25) is 10.0 Å². The Balaban J connectivity index is 0.000000552. The van der Waals surface area contributed by atoms with E-state index < -0.39 is 48.8 Å². The first kappa shape index (κ1) is 21.5. The average Bonchev–Trinajstić information content (AvgIpc) is 3.22. The molecule has 0 radical (unpaired) electrons. The molecule has 11 nitrogen and oxygen atoms in total. The van der Waals surface area contributed by atoms with E-state index in [9.17, 15) is 21.6 Å². The van der Waals surface area contributed by atoms with Gasteiger partial charge in [-0.05, 0) is 12.1 Å². The first-order chi connectivity index (χ1) is 13.3. The lowest BCUT2D eigenvalue weighted by molar-refractivity contribution is -0.134. The number of carboxylic acid groups (broad SMARTS) is 1. The van der Waals surface area contributed by atoms with Gasteiger partial charge in [-0.1, -0.05) is 0 Å². The Kier molecular flexibility index (Phi) is 5.36. The maximum absolute atomic E-state index is 12.9. The minimum Gasteiger partial charge on any atom is -0.481 e. The molecule has 4 rings (SSSR count). The van der Waals surface area contributed by atoms with E-state index in [4.69, 9.17) is 20.1 Å². The Bertz CT molecular complexity index is 1220. The van der Waals surface area contributed by atoms with E-state index >= 15 is 0 Å². The molecule has 0 aliphatic carbocycles. The molecule has 2 aliphatic heterocycles. The molecule has 0 bridgehead atoms. The Morgan fingerprint density at radius 1 is 1.31 bits per heavy atom. The Labute approximate surface area is 166 Å². The van der Waals surface area contributed by atoms with Crippen LogP contribution in [0.5, 0.6) is 0 Å². The number of carbonyl (C=O) groups is 1. The Hall–Kier alpha value is -2.22. The molecule has 2 aliphatic rings. The monoisotopic (exact) mass is 447 g/mol. The standard InChI is InChI=1S/C14H17N3O6S2.C2H4O2/c1-16-11-3-2-8(4-12(11)23-14(16)18)25(21,22)17-5-9-10(15)7-24(19,20)13(9)6-17;1-2(3)4/h2-4,9-10,13H,5-7,15H2,1H3;1H3,(H,3,4)/t9-,10+,13-;/m0./s1. The normalized spacial score (nSPS) is 26.1. The molecule has 1 aromatic heterocycles. The number of oxazole rings is 1. The van der Waals surface area contributed by atoms with Gasteiger partial charge < -0.3 is 15.3 Å². The fourth-order valence-corrected chi connectivity index (χ4v) is 7.56. The van der Waals surface area contributed by atoms with Crippen molar-refractivity contribution in [3.63, 3.8) is 0 Å². The van der Waals surface area contributed by atoms with E-state index in [1.54, 1.807) is 0 Å². The Morgan fingerprint density at radius 2 is 1.93 bits per heavy atom. The number of aryl methyl sites for hydroxylation is 1. The maximum Gasteiger partial charge on any atom is 0.419 e. The van der Waals surface area contributed by atoms with E-state index in [1.165, 1.54) is 29.8 Å². The zero-order valence-electron chi connectivity index (χ0n) is 15.7. The topological polar surface area (TPSA) is 170 Å². The van der Waals surface area contributed by atoms with Gasteiger partial charge in [-0.3, -0.25) is 9.36 Å². The summed E-state index contributed by atoms with van der Waals surface area (Å²) in [5, 5.41) is 6.66. The number of carboxylic acids is 1. The summed E-state index contributed by atoms with van der Waals surface area (Å²) in [6.45, 7) is 1.06. The van der Waals surface area contributed by atoms with Gasteiger partial charge in [-0.25, -0.2) is 21.6 Å². The number of benzene rings is 1. The predicted molar refractivity (Wildman–Crippen MR) is 103 cm³/mol. The van der Waals surface area contributed by atoms with Gasteiger partial charge in [0.05, 0.1) is 21.4 Å². The van der Waals surface area contributed by atoms with E-state index in [2.05, 4.69) is 0 Å². The molecule has 2 saturated heterocycles. The number of sulfone groups is 1. The highest BCUT2D eigenvalue weighted by atomic mass is 32.2. The third-order valence-electron chi connectivity index (χ3n) is 5.11. The summed E-state index contributed by atoms with van der Waals surface area (Å²) in [6, 6.07) is 3.61. The molecule has 3 N–H and O–H groups in total. The van der Waals surface area contributed by atoms with E-state index in [-0.39, 0.29) is 29.3 Å². The van der Waals surface area contributed by atoms with Crippen molar-refractivity contribution >= 4 is 36.9 Å². The summed E-state index contributed by atoms with van der Waals surface area (Å²) >= 11 is 0. The first-order valence-electron chi connectivity index (χ1n) is 8.61. The molecule has 2 fully saturated rings. The summed E-state index contributed by atoms with van der Waals surface area (Å²) < 4.78 is 57.5. The molecular weight excluding hydrogens is 426 g/mol. The maximum atomic E-state index is 12.9. The second-order valence-electron chi connectivity index (χ2n) is 7.09. The van der Waals surface area contributed by atoms with Gasteiger partial charge in [0.25, 0.3) is 5.97 Å². The molecule has 29 heavy (non-hydrogen) atoms. The van der Waals surface area contributed by atoms with Gasteiger partial charge >= 0.3 is 5.76 Å². The lowest BCUT2D eigenvalue weighted by Gasteiger charge is -2.18. The van der Waals surface area contributed by atoms with Crippen LogP contribution < -0.4 is 11.5 Å². The number of aliphatic carboxylic acids is 1. The number of nitrogens with two attached hydrogens (primary N) is 1. The lowest BCUT2D eigenvalue weighted by Crippen LogP contribution is -2.35. The van der Waals surface area contributed by atoms with Crippen molar-refractivity contribution in [3.05, 3.63) is 28.7 Å².